The zero-order chi connectivity index (χ0) is 18.7. The number of methoxy groups -OCH3 is 1. The third-order valence-corrected chi connectivity index (χ3v) is 5.71. The number of aromatic nitrogens is 1. The van der Waals surface area contributed by atoms with E-state index in [9.17, 15) is 14.7 Å². The van der Waals surface area contributed by atoms with Crippen LogP contribution >= 0.6 is 11.3 Å². The molecule has 1 amide bonds. The quantitative estimate of drug-likeness (QED) is 0.727. The highest BCUT2D eigenvalue weighted by atomic mass is 32.1. The van der Waals surface area contributed by atoms with Gasteiger partial charge in [-0.2, -0.15) is 0 Å². The molecule has 1 unspecified atom stereocenters. The molecular weight excluding hydrogens is 352 g/mol. The van der Waals surface area contributed by atoms with Gasteiger partial charge in [-0.05, 0) is 48.3 Å². The summed E-state index contributed by atoms with van der Waals surface area (Å²) in [5.74, 6) is 0.592. The molecule has 3 rings (SSSR count). The first-order valence-corrected chi connectivity index (χ1v) is 9.40. The van der Waals surface area contributed by atoms with Crippen molar-refractivity contribution >= 4 is 23.0 Å². The molecule has 26 heavy (non-hydrogen) atoms. The lowest BCUT2D eigenvalue weighted by molar-refractivity contribution is -0.122. The fraction of sp³-hybridized carbons (Fsp3) is 0.421. The third-order valence-electron chi connectivity index (χ3n) is 4.63. The molecule has 1 aliphatic carbocycles. The van der Waals surface area contributed by atoms with Crippen molar-refractivity contribution in [2.45, 2.75) is 38.3 Å². The Hall–Kier alpha value is -2.25. The van der Waals surface area contributed by atoms with Crippen LogP contribution in [-0.4, -0.2) is 35.0 Å². The van der Waals surface area contributed by atoms with E-state index < -0.39 is 0 Å². The van der Waals surface area contributed by atoms with E-state index in [4.69, 9.17) is 4.74 Å². The van der Waals surface area contributed by atoms with Crippen LogP contribution in [-0.2, 0) is 11.2 Å². The second kappa shape index (κ2) is 7.97. The molecule has 0 aromatic carbocycles. The number of hydrogen-bond acceptors (Lipinski definition) is 6. The first-order valence-electron chi connectivity index (χ1n) is 8.52. The summed E-state index contributed by atoms with van der Waals surface area (Å²) in [6.07, 6.45) is 2.93. The molecule has 2 N–H and O–H groups in total. The number of Topliss-reactive ketones (excluding diaryl/α,β-unsaturated/α-hetero) is 1. The summed E-state index contributed by atoms with van der Waals surface area (Å²) in [7, 11) is 1.56. The average molecular weight is 374 g/mol. The van der Waals surface area contributed by atoms with Gasteiger partial charge in [0.2, 0.25) is 11.8 Å². The van der Waals surface area contributed by atoms with Crippen LogP contribution in [0.3, 0.4) is 0 Å². The van der Waals surface area contributed by atoms with Crippen LogP contribution in [0.1, 0.15) is 46.6 Å². The molecule has 2 aromatic rings. The molecule has 0 saturated heterocycles. The summed E-state index contributed by atoms with van der Waals surface area (Å²) in [6, 6.07) is 5.22. The summed E-state index contributed by atoms with van der Waals surface area (Å²) >= 11 is 1.35. The maximum atomic E-state index is 12.5. The SMILES string of the molecule is COc1ccc(C(NC(=O)Cc2csc(C(C)=O)c2)C2CC(O)C2)cn1. The lowest BCUT2D eigenvalue weighted by Gasteiger charge is -2.38. The van der Waals surface area contributed by atoms with Gasteiger partial charge in [-0.15, -0.1) is 11.3 Å². The van der Waals surface area contributed by atoms with Gasteiger partial charge in [-0.1, -0.05) is 6.07 Å². The van der Waals surface area contributed by atoms with Gasteiger partial charge >= 0.3 is 0 Å². The van der Waals surface area contributed by atoms with Crippen LogP contribution in [0.15, 0.2) is 29.8 Å². The molecule has 2 aromatic heterocycles. The van der Waals surface area contributed by atoms with Crippen LogP contribution in [0.4, 0.5) is 0 Å². The highest BCUT2D eigenvalue weighted by Crippen LogP contribution is 2.38. The van der Waals surface area contributed by atoms with E-state index in [1.807, 2.05) is 11.4 Å². The normalized spacial score (nSPS) is 20.1. The number of rotatable bonds is 7. The van der Waals surface area contributed by atoms with Crippen LogP contribution in [0.5, 0.6) is 5.88 Å². The monoisotopic (exact) mass is 374 g/mol. The van der Waals surface area contributed by atoms with E-state index in [2.05, 4.69) is 10.3 Å². The molecule has 2 heterocycles. The smallest absolute Gasteiger partial charge is 0.224 e. The summed E-state index contributed by atoms with van der Waals surface area (Å²) in [5.41, 5.74) is 1.73. The second-order valence-corrected chi connectivity index (χ2v) is 7.53. The van der Waals surface area contributed by atoms with E-state index in [1.165, 1.54) is 18.3 Å². The molecule has 0 bridgehead atoms. The fourth-order valence-corrected chi connectivity index (χ4v) is 3.95. The van der Waals surface area contributed by atoms with Crippen LogP contribution in [0.2, 0.25) is 0 Å². The number of pyridine rings is 1. The van der Waals surface area contributed by atoms with Gasteiger partial charge in [0.25, 0.3) is 0 Å². The number of ketones is 1. The Morgan fingerprint density at radius 1 is 1.42 bits per heavy atom. The second-order valence-electron chi connectivity index (χ2n) is 6.62. The Balaban J connectivity index is 1.69. The van der Waals surface area contributed by atoms with Gasteiger partial charge in [-0.25, -0.2) is 4.98 Å². The number of thiophene rings is 1. The molecule has 6 nitrogen and oxygen atoms in total. The fourth-order valence-electron chi connectivity index (χ4n) is 3.13. The summed E-state index contributed by atoms with van der Waals surface area (Å²) in [5, 5.41) is 14.6. The maximum absolute atomic E-state index is 12.5. The van der Waals surface area contributed by atoms with Crippen molar-refractivity contribution in [2.24, 2.45) is 5.92 Å². The maximum Gasteiger partial charge on any atom is 0.224 e. The number of aliphatic hydroxyl groups excluding tert-OH is 1. The van der Waals surface area contributed by atoms with Gasteiger partial charge in [0.15, 0.2) is 5.78 Å². The number of ether oxygens (including phenoxy) is 1. The van der Waals surface area contributed by atoms with E-state index in [0.29, 0.717) is 23.6 Å². The molecule has 1 fully saturated rings. The highest BCUT2D eigenvalue weighted by molar-refractivity contribution is 7.12. The van der Waals surface area contributed by atoms with Crippen molar-refractivity contribution in [3.8, 4) is 5.88 Å². The van der Waals surface area contributed by atoms with E-state index in [1.54, 1.807) is 25.4 Å². The van der Waals surface area contributed by atoms with Gasteiger partial charge in [0, 0.05) is 12.3 Å². The first-order chi connectivity index (χ1) is 12.5. The molecular formula is C19H22N2O4S. The first kappa shape index (κ1) is 18.5. The highest BCUT2D eigenvalue weighted by Gasteiger charge is 2.35. The number of carbonyl (C=O) groups excluding carboxylic acids is 2. The lowest BCUT2D eigenvalue weighted by atomic mass is 9.75. The van der Waals surface area contributed by atoms with Gasteiger partial charge in [0.05, 0.1) is 30.6 Å². The zero-order valence-corrected chi connectivity index (χ0v) is 15.6. The van der Waals surface area contributed by atoms with Crippen LogP contribution in [0.25, 0.3) is 0 Å². The number of aliphatic hydroxyl groups is 1. The Morgan fingerprint density at radius 2 is 2.19 bits per heavy atom. The molecule has 7 heteroatoms. The lowest BCUT2D eigenvalue weighted by Crippen LogP contribution is -2.41. The Labute approximate surface area is 156 Å². The van der Waals surface area contributed by atoms with Gasteiger partial charge < -0.3 is 15.2 Å². The summed E-state index contributed by atoms with van der Waals surface area (Å²) in [6.45, 7) is 1.52. The number of carbonyl (C=O) groups is 2. The molecule has 0 radical (unpaired) electrons. The number of amides is 1. The van der Waals surface area contributed by atoms with Gasteiger partial charge in [0.1, 0.15) is 0 Å². The standard InChI is InChI=1S/C19H22N2O4S/c1-11(22)16-5-12(10-26-16)6-17(24)21-19(14-7-15(23)8-14)13-3-4-18(25-2)20-9-13/h3-5,9-10,14-15,19,23H,6-8H2,1-2H3,(H,21,24). The molecule has 138 valence electrons. The molecule has 1 aliphatic rings. The minimum atomic E-state index is -0.305. The predicted octanol–water partition coefficient (Wildman–Crippen LogP) is 2.53. The number of nitrogens with one attached hydrogen (secondary N) is 1. The molecule has 0 spiro atoms. The summed E-state index contributed by atoms with van der Waals surface area (Å²) < 4.78 is 5.08. The van der Waals surface area contributed by atoms with Gasteiger partial charge in [-0.3, -0.25) is 9.59 Å². The molecule has 1 atom stereocenters. The van der Waals surface area contributed by atoms with Crippen molar-refractivity contribution in [1.82, 2.24) is 10.3 Å². The van der Waals surface area contributed by atoms with Crippen molar-refractivity contribution in [1.29, 1.82) is 0 Å². The van der Waals surface area contributed by atoms with Crippen molar-refractivity contribution in [3.05, 3.63) is 45.8 Å². The van der Waals surface area contributed by atoms with Crippen molar-refractivity contribution in [2.75, 3.05) is 7.11 Å². The zero-order valence-electron chi connectivity index (χ0n) is 14.8. The predicted molar refractivity (Wildman–Crippen MR) is 98.4 cm³/mol. The van der Waals surface area contributed by atoms with Crippen molar-refractivity contribution in [3.63, 3.8) is 0 Å². The van der Waals surface area contributed by atoms with E-state index >= 15 is 0 Å². The van der Waals surface area contributed by atoms with E-state index in [-0.39, 0.29) is 36.2 Å². The third kappa shape index (κ3) is 4.28. The molecule has 0 aliphatic heterocycles. The Kier molecular flexibility index (Phi) is 5.68. The van der Waals surface area contributed by atoms with Crippen LogP contribution < -0.4 is 10.1 Å². The Bertz CT molecular complexity index is 781. The topological polar surface area (TPSA) is 88.5 Å². The largest absolute Gasteiger partial charge is 0.481 e. The molecule has 1 saturated carbocycles. The number of nitrogens with zero attached hydrogens (tertiary/aromatic N) is 1. The van der Waals surface area contributed by atoms with E-state index in [0.717, 1.165) is 11.1 Å². The number of hydrogen-bond donors (Lipinski definition) is 2. The van der Waals surface area contributed by atoms with Crippen molar-refractivity contribution < 1.29 is 19.4 Å². The average Bonchev–Trinajstić information content (AvgIpc) is 3.06. The minimum Gasteiger partial charge on any atom is -0.481 e. The summed E-state index contributed by atoms with van der Waals surface area (Å²) in [4.78, 5) is 28.8. The Morgan fingerprint density at radius 3 is 2.73 bits per heavy atom. The minimum absolute atomic E-state index is 0.00676. The van der Waals surface area contributed by atoms with Crippen LogP contribution in [0, 0.1) is 5.92 Å².